The van der Waals surface area contributed by atoms with Gasteiger partial charge in [-0.1, -0.05) is 0 Å². The third kappa shape index (κ3) is 1.98. The first-order chi connectivity index (χ1) is 9.01. The summed E-state index contributed by atoms with van der Waals surface area (Å²) in [4.78, 5) is 2.12. The van der Waals surface area contributed by atoms with E-state index in [9.17, 15) is 13.7 Å². The van der Waals surface area contributed by atoms with Crippen LogP contribution < -0.4 is 5.32 Å². The van der Waals surface area contributed by atoms with Crippen molar-refractivity contribution in [3.63, 3.8) is 0 Å². The summed E-state index contributed by atoms with van der Waals surface area (Å²) in [6.45, 7) is 0.762. The van der Waals surface area contributed by atoms with Crippen LogP contribution in [0.15, 0.2) is 27.5 Å². The van der Waals surface area contributed by atoms with Gasteiger partial charge in [-0.25, -0.2) is 8.60 Å². The lowest BCUT2D eigenvalue weighted by Crippen LogP contribution is -2.55. The highest BCUT2D eigenvalue weighted by Crippen LogP contribution is 2.30. The van der Waals surface area contributed by atoms with E-state index in [0.29, 0.717) is 11.6 Å². The lowest BCUT2D eigenvalue weighted by molar-refractivity contribution is 0.105. The largest absolute Gasteiger partial charge is 0.394 e. The number of aliphatic hydroxyl groups excluding tert-OH is 1. The molecule has 0 bridgehead atoms. The monoisotopic (exact) mass is 283 g/mol. The van der Waals surface area contributed by atoms with Crippen LogP contribution in [-0.4, -0.2) is 45.2 Å². The summed E-state index contributed by atoms with van der Waals surface area (Å²) in [5.41, 5.74) is 0.551. The summed E-state index contributed by atoms with van der Waals surface area (Å²) in [6, 6.07) is 4.00. The first kappa shape index (κ1) is 12.4. The Morgan fingerprint density at radius 2 is 2.42 bits per heavy atom. The van der Waals surface area contributed by atoms with E-state index in [1.165, 1.54) is 18.2 Å². The van der Waals surface area contributed by atoms with Crippen molar-refractivity contribution in [2.75, 3.05) is 18.5 Å². The molecule has 3 rings (SSSR count). The summed E-state index contributed by atoms with van der Waals surface area (Å²) in [7, 11) is -2.90. The lowest BCUT2D eigenvalue weighted by Gasteiger charge is -2.43. The Balaban J connectivity index is 2.01. The third-order valence-corrected chi connectivity index (χ3v) is 4.89. The Labute approximate surface area is 110 Å². The van der Waals surface area contributed by atoms with Gasteiger partial charge in [0.1, 0.15) is 5.82 Å². The molecular formula is C12H14FN3O2S. The van der Waals surface area contributed by atoms with Gasteiger partial charge in [0.25, 0.3) is 0 Å². The van der Waals surface area contributed by atoms with Crippen LogP contribution in [0.1, 0.15) is 6.42 Å². The van der Waals surface area contributed by atoms with Crippen LogP contribution in [0.2, 0.25) is 0 Å². The molecule has 2 unspecified atom stereocenters. The zero-order valence-corrected chi connectivity index (χ0v) is 11.0. The maximum absolute atomic E-state index is 13.2. The standard InChI is InChI=1S/C12H14FN3O2S/c1-19(18)11-6-8(13)2-3-10(11)14-12(15-19)16-5-4-9(16)7-17/h2-3,6,9,17H,1,4-5,7H2,(H,14,15,18). The molecule has 1 fully saturated rings. The second-order valence-corrected chi connectivity index (χ2v) is 6.54. The van der Waals surface area contributed by atoms with Crippen molar-refractivity contribution >= 4 is 27.2 Å². The van der Waals surface area contributed by atoms with Crippen molar-refractivity contribution in [2.24, 2.45) is 4.40 Å². The molecule has 0 aliphatic carbocycles. The quantitative estimate of drug-likeness (QED) is 0.743. The second kappa shape index (κ2) is 4.21. The Morgan fingerprint density at radius 1 is 1.63 bits per heavy atom. The Bertz CT molecular complexity index is 655. The molecule has 0 amide bonds. The van der Waals surface area contributed by atoms with Gasteiger partial charge >= 0.3 is 0 Å². The van der Waals surface area contributed by atoms with Crippen LogP contribution in [0.3, 0.4) is 0 Å². The van der Waals surface area contributed by atoms with Crippen LogP contribution in [0.4, 0.5) is 10.1 Å². The number of rotatable bonds is 1. The van der Waals surface area contributed by atoms with E-state index >= 15 is 0 Å². The molecule has 2 aliphatic rings. The van der Waals surface area contributed by atoms with E-state index < -0.39 is 15.5 Å². The predicted octanol–water partition coefficient (Wildman–Crippen LogP) is 0.664. The molecule has 2 atom stereocenters. The van der Waals surface area contributed by atoms with Crippen molar-refractivity contribution in [2.45, 2.75) is 17.4 Å². The fourth-order valence-electron chi connectivity index (χ4n) is 2.23. The van der Waals surface area contributed by atoms with Crippen LogP contribution in [0.5, 0.6) is 0 Å². The van der Waals surface area contributed by atoms with Gasteiger partial charge in [0, 0.05) is 6.54 Å². The number of fused-ring (bicyclic) bond motifs is 1. The van der Waals surface area contributed by atoms with Crippen LogP contribution in [0, 0.1) is 5.82 Å². The van der Waals surface area contributed by atoms with Crippen LogP contribution in [-0.2, 0) is 9.71 Å². The fraction of sp³-hybridized carbons (Fsp3) is 0.333. The zero-order valence-electron chi connectivity index (χ0n) is 10.2. The van der Waals surface area contributed by atoms with Gasteiger partial charge in [-0.3, -0.25) is 0 Å². The van der Waals surface area contributed by atoms with Gasteiger partial charge in [0.05, 0.1) is 32.9 Å². The molecule has 0 radical (unpaired) electrons. The summed E-state index contributed by atoms with van der Waals surface area (Å²) < 4.78 is 29.7. The number of hydrogen-bond donors (Lipinski definition) is 2. The van der Waals surface area contributed by atoms with E-state index in [-0.39, 0.29) is 17.5 Å². The van der Waals surface area contributed by atoms with Crippen molar-refractivity contribution in [3.8, 4) is 0 Å². The molecule has 2 aliphatic heterocycles. The van der Waals surface area contributed by atoms with Crippen LogP contribution >= 0.6 is 0 Å². The molecule has 0 saturated carbocycles. The molecule has 0 spiro atoms. The number of benzene rings is 1. The molecular weight excluding hydrogens is 269 g/mol. The van der Waals surface area contributed by atoms with Gasteiger partial charge in [-0.15, -0.1) is 0 Å². The van der Waals surface area contributed by atoms with E-state index in [1.54, 1.807) is 0 Å². The molecule has 1 aromatic carbocycles. The van der Waals surface area contributed by atoms with Gasteiger partial charge in [-0.05, 0) is 30.5 Å². The number of aliphatic hydroxyl groups is 1. The fourth-order valence-corrected chi connectivity index (χ4v) is 3.52. The Morgan fingerprint density at radius 3 is 3.05 bits per heavy atom. The number of hydrogen-bond acceptors (Lipinski definition) is 4. The molecule has 1 saturated heterocycles. The minimum Gasteiger partial charge on any atom is -0.394 e. The van der Waals surface area contributed by atoms with Gasteiger partial charge in [0.2, 0.25) is 5.96 Å². The van der Waals surface area contributed by atoms with Gasteiger partial charge in [0.15, 0.2) is 0 Å². The maximum Gasteiger partial charge on any atom is 0.212 e. The minimum atomic E-state index is -2.90. The Hall–Kier alpha value is -1.60. The number of nitrogens with one attached hydrogen (secondary N) is 1. The molecule has 2 heterocycles. The summed E-state index contributed by atoms with van der Waals surface area (Å²) in [5, 5.41) is 12.2. The second-order valence-electron chi connectivity index (χ2n) is 4.64. The minimum absolute atomic E-state index is 0.0107. The van der Waals surface area contributed by atoms with Crippen LogP contribution in [0.25, 0.3) is 0 Å². The van der Waals surface area contributed by atoms with E-state index in [4.69, 9.17) is 0 Å². The summed E-state index contributed by atoms with van der Waals surface area (Å²) >= 11 is 0. The first-order valence-electron chi connectivity index (χ1n) is 5.92. The van der Waals surface area contributed by atoms with Crippen molar-refractivity contribution < 1.29 is 13.7 Å². The number of halogens is 1. The highest BCUT2D eigenvalue weighted by molar-refractivity contribution is 7.99. The van der Waals surface area contributed by atoms with E-state index in [2.05, 4.69) is 15.6 Å². The predicted molar refractivity (Wildman–Crippen MR) is 73.2 cm³/mol. The SMILES string of the molecule is C=S1(=O)N=C(N2CCC2CO)Nc2ccc(F)cc21. The smallest absolute Gasteiger partial charge is 0.212 e. The number of guanidine groups is 1. The molecule has 5 nitrogen and oxygen atoms in total. The summed E-state index contributed by atoms with van der Waals surface area (Å²) in [6.07, 6.45) is 0.867. The molecule has 19 heavy (non-hydrogen) atoms. The average Bonchev–Trinajstić information content (AvgIpc) is 2.29. The summed E-state index contributed by atoms with van der Waals surface area (Å²) in [5.74, 6) is 3.57. The number of anilines is 1. The topological polar surface area (TPSA) is 64.9 Å². The van der Waals surface area contributed by atoms with Crippen molar-refractivity contribution in [1.29, 1.82) is 0 Å². The third-order valence-electron chi connectivity index (χ3n) is 3.39. The highest BCUT2D eigenvalue weighted by atomic mass is 32.2. The molecule has 1 aromatic rings. The average molecular weight is 283 g/mol. The molecule has 102 valence electrons. The molecule has 7 heteroatoms. The van der Waals surface area contributed by atoms with Crippen molar-refractivity contribution in [1.82, 2.24) is 4.90 Å². The van der Waals surface area contributed by atoms with Crippen molar-refractivity contribution in [3.05, 3.63) is 24.0 Å². The first-order valence-corrected chi connectivity index (χ1v) is 7.61. The lowest BCUT2D eigenvalue weighted by atomic mass is 10.1. The Kier molecular flexibility index (Phi) is 2.75. The van der Waals surface area contributed by atoms with E-state index in [1.807, 2.05) is 4.90 Å². The van der Waals surface area contributed by atoms with E-state index in [0.717, 1.165) is 13.0 Å². The normalized spacial score (nSPS) is 29.1. The highest BCUT2D eigenvalue weighted by Gasteiger charge is 2.33. The molecule has 0 aromatic heterocycles. The zero-order chi connectivity index (χ0) is 13.6. The van der Waals surface area contributed by atoms with Gasteiger partial charge in [-0.2, -0.15) is 4.40 Å². The maximum atomic E-state index is 13.2. The molecule has 2 N–H and O–H groups in total. The number of nitrogens with zero attached hydrogens (tertiary/aromatic N) is 2. The number of likely N-dealkylation sites (tertiary alicyclic amines) is 1. The van der Waals surface area contributed by atoms with Gasteiger partial charge < -0.3 is 15.3 Å².